The number of hydrogen-bond acceptors (Lipinski definition) is 6. The minimum absolute atomic E-state index is 0.0381. The zero-order chi connectivity index (χ0) is 28.8. The van der Waals surface area contributed by atoms with Gasteiger partial charge in [0.05, 0.1) is 24.4 Å². The molecule has 8 heteroatoms. The van der Waals surface area contributed by atoms with Gasteiger partial charge in [0.2, 0.25) is 11.8 Å². The number of benzene rings is 2. The van der Waals surface area contributed by atoms with Gasteiger partial charge in [-0.15, -0.1) is 0 Å². The molecule has 2 fully saturated rings. The molecule has 41 heavy (non-hydrogen) atoms. The van der Waals surface area contributed by atoms with Gasteiger partial charge >= 0.3 is 0 Å². The van der Waals surface area contributed by atoms with Gasteiger partial charge in [-0.3, -0.25) is 14.6 Å². The van der Waals surface area contributed by atoms with Gasteiger partial charge < -0.3 is 25.0 Å². The van der Waals surface area contributed by atoms with Crippen LogP contribution in [-0.4, -0.2) is 74.5 Å². The number of carbonyl (C=O) groups excluding carboxylic acids is 2. The van der Waals surface area contributed by atoms with Crippen LogP contribution in [-0.2, 0) is 14.3 Å². The fraction of sp³-hybridized carbons (Fsp3) is 0.545. The second-order valence-electron chi connectivity index (χ2n) is 11.5. The topological polar surface area (TPSA) is 92.3 Å². The van der Waals surface area contributed by atoms with Crippen molar-refractivity contribution in [1.82, 2.24) is 15.5 Å². The Kier molecular flexibility index (Phi) is 9.72. The molecule has 2 aromatic rings. The third-order valence-electron chi connectivity index (χ3n) is 8.91. The van der Waals surface area contributed by atoms with Gasteiger partial charge in [0.15, 0.2) is 0 Å². The molecule has 8 nitrogen and oxygen atoms in total. The van der Waals surface area contributed by atoms with Crippen molar-refractivity contribution in [3.8, 4) is 5.75 Å². The average molecular weight is 561 g/mol. The van der Waals surface area contributed by atoms with Gasteiger partial charge in [0.1, 0.15) is 18.4 Å². The maximum atomic E-state index is 14.1. The zero-order valence-corrected chi connectivity index (χ0v) is 24.7. The number of methoxy groups -OCH3 is 1. The number of amides is 2. The molecule has 0 spiro atoms. The van der Waals surface area contributed by atoms with Crippen LogP contribution in [0.3, 0.4) is 0 Å². The highest BCUT2D eigenvalue weighted by Gasteiger charge is 2.40. The predicted octanol–water partition coefficient (Wildman–Crippen LogP) is 4.71. The quantitative estimate of drug-likeness (QED) is 0.388. The third kappa shape index (κ3) is 6.49. The second kappa shape index (κ2) is 13.6. The first-order valence-corrected chi connectivity index (χ1v) is 15.2. The number of aliphatic imine (C=N–C) groups is 1. The van der Waals surface area contributed by atoms with E-state index in [-0.39, 0.29) is 29.8 Å². The summed E-state index contributed by atoms with van der Waals surface area (Å²) in [5.74, 6) is 0.951. The monoisotopic (exact) mass is 560 g/mol. The van der Waals surface area contributed by atoms with Gasteiger partial charge in [0, 0.05) is 36.7 Å². The lowest BCUT2D eigenvalue weighted by molar-refractivity contribution is -0.138. The lowest BCUT2D eigenvalue weighted by Crippen LogP contribution is -2.57. The van der Waals surface area contributed by atoms with Crippen LogP contribution in [0.5, 0.6) is 5.75 Å². The molecular weight excluding hydrogens is 516 g/mol. The summed E-state index contributed by atoms with van der Waals surface area (Å²) in [7, 11) is 3.44. The summed E-state index contributed by atoms with van der Waals surface area (Å²) < 4.78 is 11.1. The number of ether oxygens (including phenoxy) is 2. The summed E-state index contributed by atoms with van der Waals surface area (Å²) in [5.41, 5.74) is 3.05. The maximum absolute atomic E-state index is 14.1. The normalized spacial score (nSPS) is 21.0. The minimum Gasteiger partial charge on any atom is -0.491 e. The highest BCUT2D eigenvalue weighted by atomic mass is 16.5. The van der Waals surface area contributed by atoms with Crippen molar-refractivity contribution >= 4 is 34.0 Å². The van der Waals surface area contributed by atoms with E-state index < -0.39 is 6.04 Å². The Bertz CT molecular complexity index is 1300. The summed E-state index contributed by atoms with van der Waals surface area (Å²) in [6.07, 6.45) is 10.1. The number of allylic oxidation sites excluding steroid dienone is 1. The standard InChI is InChI=1S/C33H44N4O4/c1-22(34-2)32(38)36-31(23-10-5-4-6-11-23)33(39)37-19-9-14-29(37)28-17-16-27(35-28)25-15-18-30(41-21-20-40-3)26-13-8-7-12-24(25)26/h7-8,12-13,15-16,18,22-23,29,31,34H,4-6,9-11,14,17,19-21H2,1-3H3,(H,36,38)/t22-,29-,31-/m0/s1. The van der Waals surface area contributed by atoms with Crippen molar-refractivity contribution in [2.45, 2.75) is 76.4 Å². The molecule has 5 rings (SSSR count). The molecule has 0 unspecified atom stereocenters. The van der Waals surface area contributed by atoms with Crippen molar-refractivity contribution in [2.75, 3.05) is 33.9 Å². The van der Waals surface area contributed by atoms with E-state index in [0.29, 0.717) is 19.8 Å². The number of likely N-dealkylation sites (tertiary alicyclic amines) is 1. The zero-order valence-electron chi connectivity index (χ0n) is 24.7. The fourth-order valence-electron chi connectivity index (χ4n) is 6.50. The van der Waals surface area contributed by atoms with Crippen LogP contribution in [0.1, 0.15) is 63.9 Å². The Hall–Kier alpha value is -3.23. The molecule has 2 N–H and O–H groups in total. The van der Waals surface area contributed by atoms with Crippen molar-refractivity contribution in [1.29, 1.82) is 0 Å². The van der Waals surface area contributed by atoms with Crippen LogP contribution in [0.2, 0.25) is 0 Å². The average Bonchev–Trinajstić information content (AvgIpc) is 3.70. The molecule has 1 aliphatic carbocycles. The molecule has 1 saturated heterocycles. The Morgan fingerprint density at radius 3 is 2.56 bits per heavy atom. The molecule has 220 valence electrons. The maximum Gasteiger partial charge on any atom is 0.245 e. The molecule has 0 bridgehead atoms. The van der Waals surface area contributed by atoms with Gasteiger partial charge in [-0.05, 0) is 63.1 Å². The lowest BCUT2D eigenvalue weighted by Gasteiger charge is -2.35. The summed E-state index contributed by atoms with van der Waals surface area (Å²) in [4.78, 5) is 34.2. The number of rotatable bonds is 11. The largest absolute Gasteiger partial charge is 0.491 e. The van der Waals surface area contributed by atoms with E-state index in [1.165, 1.54) is 6.42 Å². The van der Waals surface area contributed by atoms with Crippen LogP contribution in [0.25, 0.3) is 16.5 Å². The molecule has 0 radical (unpaired) electrons. The first kappa shape index (κ1) is 29.3. The molecule has 2 amide bonds. The van der Waals surface area contributed by atoms with E-state index in [4.69, 9.17) is 14.5 Å². The number of likely N-dealkylation sites (N-methyl/N-ethyl adjacent to an activating group) is 1. The van der Waals surface area contributed by atoms with E-state index in [1.807, 2.05) is 30.0 Å². The SMILES string of the molecule is CN[C@@H](C)C(=O)N[C@H](C(=O)N1CCC[C@H]1C1=NC(c2ccc(OCCOC)c3ccccc23)=CC1)C1CCCCC1. The molecule has 2 aliphatic heterocycles. The molecule has 2 aromatic carbocycles. The summed E-state index contributed by atoms with van der Waals surface area (Å²) in [6.45, 7) is 3.56. The van der Waals surface area contributed by atoms with E-state index in [1.54, 1.807) is 14.2 Å². The Labute approximate surface area is 243 Å². The van der Waals surface area contributed by atoms with Gasteiger partial charge in [-0.2, -0.15) is 0 Å². The molecule has 0 aromatic heterocycles. The first-order valence-electron chi connectivity index (χ1n) is 15.2. The Balaban J connectivity index is 1.36. The van der Waals surface area contributed by atoms with Crippen LogP contribution in [0, 0.1) is 5.92 Å². The van der Waals surface area contributed by atoms with Crippen LogP contribution in [0.15, 0.2) is 47.5 Å². The van der Waals surface area contributed by atoms with Crippen LogP contribution in [0.4, 0.5) is 0 Å². The van der Waals surface area contributed by atoms with E-state index in [9.17, 15) is 9.59 Å². The highest BCUT2D eigenvalue weighted by molar-refractivity contribution is 6.05. The Morgan fingerprint density at radius 1 is 1.02 bits per heavy atom. The summed E-state index contributed by atoms with van der Waals surface area (Å²) in [5, 5.41) is 8.29. The summed E-state index contributed by atoms with van der Waals surface area (Å²) >= 11 is 0. The number of carbonyl (C=O) groups is 2. The minimum atomic E-state index is -0.483. The van der Waals surface area contributed by atoms with E-state index >= 15 is 0 Å². The van der Waals surface area contributed by atoms with Crippen molar-refractivity contribution in [3.05, 3.63) is 48.0 Å². The van der Waals surface area contributed by atoms with E-state index in [0.717, 1.165) is 78.4 Å². The molecule has 1 saturated carbocycles. The number of nitrogens with zero attached hydrogens (tertiary/aromatic N) is 2. The molecule has 2 heterocycles. The van der Waals surface area contributed by atoms with Crippen LogP contribution >= 0.6 is 0 Å². The smallest absolute Gasteiger partial charge is 0.245 e. The second-order valence-corrected chi connectivity index (χ2v) is 11.5. The van der Waals surface area contributed by atoms with Gasteiger partial charge in [0.25, 0.3) is 0 Å². The van der Waals surface area contributed by atoms with Crippen LogP contribution < -0.4 is 15.4 Å². The Morgan fingerprint density at radius 2 is 1.80 bits per heavy atom. The number of fused-ring (bicyclic) bond motifs is 1. The van der Waals surface area contributed by atoms with Crippen molar-refractivity contribution < 1.29 is 19.1 Å². The van der Waals surface area contributed by atoms with Crippen molar-refractivity contribution in [2.24, 2.45) is 10.9 Å². The van der Waals surface area contributed by atoms with Gasteiger partial charge in [-0.25, -0.2) is 0 Å². The van der Waals surface area contributed by atoms with E-state index in [2.05, 4.69) is 34.9 Å². The number of nitrogens with one attached hydrogen (secondary N) is 2. The third-order valence-corrected chi connectivity index (χ3v) is 8.91. The van der Waals surface area contributed by atoms with Crippen molar-refractivity contribution in [3.63, 3.8) is 0 Å². The molecule has 3 atom stereocenters. The highest BCUT2D eigenvalue weighted by Crippen LogP contribution is 2.36. The predicted molar refractivity (Wildman–Crippen MR) is 163 cm³/mol. The molecular formula is C33H44N4O4. The number of hydrogen-bond donors (Lipinski definition) is 2. The fourth-order valence-corrected chi connectivity index (χ4v) is 6.50. The first-order chi connectivity index (χ1) is 20.0. The van der Waals surface area contributed by atoms with Gasteiger partial charge in [-0.1, -0.05) is 49.6 Å². The molecule has 3 aliphatic rings. The summed E-state index contributed by atoms with van der Waals surface area (Å²) in [6, 6.07) is 11.5. The lowest BCUT2D eigenvalue weighted by atomic mass is 9.83.